The number of carbonyl (C=O) groups is 1. The molecule has 0 spiro atoms. The van der Waals surface area contributed by atoms with Crippen LogP contribution in [0.2, 0.25) is 5.02 Å². The third-order valence-corrected chi connectivity index (χ3v) is 5.72. The molecule has 146 valence electrons. The van der Waals surface area contributed by atoms with Crippen molar-refractivity contribution >= 4 is 28.8 Å². The first-order valence-corrected chi connectivity index (χ1v) is 10.5. The van der Waals surface area contributed by atoms with Gasteiger partial charge in [-0.3, -0.25) is 14.6 Å². The molecule has 1 aromatic heterocycles. The Hall–Kier alpha value is -1.60. The lowest BCUT2D eigenvalue weighted by Gasteiger charge is -2.35. The van der Waals surface area contributed by atoms with Gasteiger partial charge in [0, 0.05) is 49.2 Å². The maximum absolute atomic E-state index is 12.5. The quantitative estimate of drug-likeness (QED) is 0.673. The molecule has 0 radical (unpaired) electrons. The van der Waals surface area contributed by atoms with Crippen molar-refractivity contribution in [2.75, 3.05) is 52.9 Å². The van der Waals surface area contributed by atoms with Crippen LogP contribution in [0.3, 0.4) is 0 Å². The van der Waals surface area contributed by atoms with Crippen molar-refractivity contribution in [2.24, 2.45) is 0 Å². The monoisotopic (exact) mass is 407 g/mol. The van der Waals surface area contributed by atoms with Crippen LogP contribution in [0.15, 0.2) is 41.8 Å². The number of thiophene rings is 1. The second-order valence-electron chi connectivity index (χ2n) is 6.78. The van der Waals surface area contributed by atoms with E-state index >= 15 is 0 Å². The minimum Gasteiger partial charge on any atom is -0.492 e. The van der Waals surface area contributed by atoms with Crippen LogP contribution < -0.4 is 4.74 Å². The average Bonchev–Trinajstić information content (AvgIpc) is 3.15. The largest absolute Gasteiger partial charge is 0.492 e. The molecule has 7 heteroatoms. The number of halogens is 1. The molecule has 1 fully saturated rings. The fourth-order valence-corrected chi connectivity index (χ4v) is 3.99. The van der Waals surface area contributed by atoms with E-state index in [1.54, 1.807) is 17.4 Å². The predicted molar refractivity (Wildman–Crippen MR) is 111 cm³/mol. The van der Waals surface area contributed by atoms with E-state index in [9.17, 15) is 4.79 Å². The molecule has 0 unspecified atom stereocenters. The van der Waals surface area contributed by atoms with Crippen molar-refractivity contribution < 1.29 is 9.53 Å². The molecule has 0 aliphatic carbocycles. The molecule has 2 aromatic rings. The van der Waals surface area contributed by atoms with Gasteiger partial charge in [0.25, 0.3) is 0 Å². The van der Waals surface area contributed by atoms with Gasteiger partial charge in [-0.05, 0) is 36.7 Å². The van der Waals surface area contributed by atoms with Gasteiger partial charge in [-0.15, -0.1) is 11.3 Å². The van der Waals surface area contributed by atoms with Gasteiger partial charge in [0.15, 0.2) is 0 Å². The van der Waals surface area contributed by atoms with E-state index in [0.29, 0.717) is 24.7 Å². The molecule has 3 rings (SSSR count). The number of amides is 1. The molecule has 5 nitrogen and oxygen atoms in total. The number of rotatable bonds is 8. The molecule has 0 saturated carbocycles. The number of piperazine rings is 1. The van der Waals surface area contributed by atoms with Gasteiger partial charge < -0.3 is 9.64 Å². The number of ether oxygens (including phenoxy) is 1. The predicted octanol–water partition coefficient (Wildman–Crippen LogP) is 3.06. The van der Waals surface area contributed by atoms with E-state index in [1.165, 1.54) is 4.88 Å². The van der Waals surface area contributed by atoms with E-state index < -0.39 is 0 Å². The lowest BCUT2D eigenvalue weighted by atomic mass is 10.3. The van der Waals surface area contributed by atoms with Crippen molar-refractivity contribution in [3.63, 3.8) is 0 Å². The van der Waals surface area contributed by atoms with Gasteiger partial charge in [-0.25, -0.2) is 0 Å². The molecule has 1 aromatic carbocycles. The van der Waals surface area contributed by atoms with Gasteiger partial charge >= 0.3 is 0 Å². The van der Waals surface area contributed by atoms with Crippen molar-refractivity contribution in [2.45, 2.75) is 6.54 Å². The molecule has 1 saturated heterocycles. The number of hydrogen-bond acceptors (Lipinski definition) is 5. The SMILES string of the molecule is CN(CCOc1cccc(Cl)c1)CC(=O)N1CCN(Cc2cccs2)CC1. The summed E-state index contributed by atoms with van der Waals surface area (Å²) in [5, 5.41) is 2.77. The zero-order valence-corrected chi connectivity index (χ0v) is 17.2. The third-order valence-electron chi connectivity index (χ3n) is 4.63. The maximum Gasteiger partial charge on any atom is 0.236 e. The zero-order chi connectivity index (χ0) is 19.1. The van der Waals surface area contributed by atoms with Gasteiger partial charge in [0.2, 0.25) is 5.91 Å². The highest BCUT2D eigenvalue weighted by Crippen LogP contribution is 2.17. The van der Waals surface area contributed by atoms with E-state index in [0.717, 1.165) is 38.5 Å². The Morgan fingerprint density at radius 3 is 2.74 bits per heavy atom. The first-order valence-electron chi connectivity index (χ1n) is 9.19. The number of nitrogens with zero attached hydrogens (tertiary/aromatic N) is 3. The lowest BCUT2D eigenvalue weighted by molar-refractivity contribution is -0.134. The van der Waals surface area contributed by atoms with E-state index in [1.807, 2.05) is 35.0 Å². The number of hydrogen-bond donors (Lipinski definition) is 0. The minimum absolute atomic E-state index is 0.191. The summed E-state index contributed by atoms with van der Waals surface area (Å²) >= 11 is 7.74. The zero-order valence-electron chi connectivity index (χ0n) is 15.6. The summed E-state index contributed by atoms with van der Waals surface area (Å²) in [4.78, 5) is 20.3. The smallest absolute Gasteiger partial charge is 0.236 e. The molecule has 1 amide bonds. The van der Waals surface area contributed by atoms with E-state index in [4.69, 9.17) is 16.3 Å². The topological polar surface area (TPSA) is 36.0 Å². The summed E-state index contributed by atoms with van der Waals surface area (Å²) < 4.78 is 5.69. The standard InChI is InChI=1S/C20H26ClN3O2S/c1-22(11-12-26-18-5-2-4-17(21)14-18)16-20(25)24-9-7-23(8-10-24)15-19-6-3-13-27-19/h2-6,13-14H,7-12,15-16H2,1H3. The Bertz CT molecular complexity index is 718. The summed E-state index contributed by atoms with van der Waals surface area (Å²) in [6.07, 6.45) is 0. The van der Waals surface area contributed by atoms with Crippen LogP contribution in [0, 0.1) is 0 Å². The number of carbonyl (C=O) groups excluding carboxylic acids is 1. The maximum atomic E-state index is 12.5. The molecule has 0 atom stereocenters. The van der Waals surface area contributed by atoms with Gasteiger partial charge in [-0.2, -0.15) is 0 Å². The molecule has 1 aliphatic heterocycles. The number of likely N-dealkylation sites (N-methyl/N-ethyl adjacent to an activating group) is 1. The van der Waals surface area contributed by atoms with Crippen molar-refractivity contribution in [3.8, 4) is 5.75 Å². The first kappa shape index (κ1) is 20.1. The highest BCUT2D eigenvalue weighted by Gasteiger charge is 2.22. The summed E-state index contributed by atoms with van der Waals surface area (Å²) in [5.74, 6) is 0.945. The molecule has 0 bridgehead atoms. The Morgan fingerprint density at radius 2 is 2.04 bits per heavy atom. The van der Waals surface area contributed by atoms with Crippen molar-refractivity contribution in [3.05, 3.63) is 51.7 Å². The Morgan fingerprint density at radius 1 is 1.22 bits per heavy atom. The van der Waals surface area contributed by atoms with Crippen LogP contribution in [0.1, 0.15) is 4.88 Å². The summed E-state index contributed by atoms with van der Waals surface area (Å²) in [5.41, 5.74) is 0. The molecular formula is C20H26ClN3O2S. The van der Waals surface area contributed by atoms with E-state index in [-0.39, 0.29) is 5.91 Å². The van der Waals surface area contributed by atoms with E-state index in [2.05, 4.69) is 22.4 Å². The van der Waals surface area contributed by atoms with Crippen LogP contribution in [0.25, 0.3) is 0 Å². The Balaban J connectivity index is 1.33. The molecular weight excluding hydrogens is 382 g/mol. The highest BCUT2D eigenvalue weighted by atomic mass is 35.5. The van der Waals surface area contributed by atoms with Gasteiger partial charge in [0.05, 0.1) is 6.54 Å². The van der Waals surface area contributed by atoms with Crippen LogP contribution in [0.5, 0.6) is 5.75 Å². The highest BCUT2D eigenvalue weighted by molar-refractivity contribution is 7.09. The minimum atomic E-state index is 0.191. The second-order valence-corrected chi connectivity index (χ2v) is 8.25. The van der Waals surface area contributed by atoms with Gasteiger partial charge in [0.1, 0.15) is 12.4 Å². The molecule has 27 heavy (non-hydrogen) atoms. The Labute approximate surface area is 170 Å². The number of benzene rings is 1. The van der Waals surface area contributed by atoms with Crippen LogP contribution in [-0.2, 0) is 11.3 Å². The fraction of sp³-hybridized carbons (Fsp3) is 0.450. The van der Waals surface area contributed by atoms with Crippen LogP contribution in [-0.4, -0.2) is 73.5 Å². The van der Waals surface area contributed by atoms with Crippen LogP contribution in [0.4, 0.5) is 0 Å². The molecule has 0 N–H and O–H groups in total. The normalized spacial score (nSPS) is 15.3. The van der Waals surface area contributed by atoms with Crippen LogP contribution >= 0.6 is 22.9 Å². The third kappa shape index (κ3) is 6.50. The Kier molecular flexibility index (Phi) is 7.52. The second kappa shape index (κ2) is 10.1. The molecule has 1 aliphatic rings. The average molecular weight is 408 g/mol. The summed E-state index contributed by atoms with van der Waals surface area (Å²) in [6, 6.07) is 11.6. The summed E-state index contributed by atoms with van der Waals surface area (Å²) in [6.45, 7) is 6.10. The first-order chi connectivity index (χ1) is 13.1. The fourth-order valence-electron chi connectivity index (χ4n) is 3.06. The molecule has 2 heterocycles. The summed E-state index contributed by atoms with van der Waals surface area (Å²) in [7, 11) is 1.95. The van der Waals surface area contributed by atoms with Crippen molar-refractivity contribution in [1.82, 2.24) is 14.7 Å². The lowest BCUT2D eigenvalue weighted by Crippen LogP contribution is -2.50. The van der Waals surface area contributed by atoms with Gasteiger partial charge in [-0.1, -0.05) is 23.7 Å². The van der Waals surface area contributed by atoms with Crippen molar-refractivity contribution in [1.29, 1.82) is 0 Å².